The van der Waals surface area contributed by atoms with E-state index in [9.17, 15) is 24.0 Å². The van der Waals surface area contributed by atoms with E-state index in [1.807, 2.05) is 73.8 Å². The highest BCUT2D eigenvalue weighted by molar-refractivity contribution is 6.74. The molecular formula is C38H50N2O12Si. The first kappa shape index (κ1) is 41.3. The third kappa shape index (κ3) is 8.54. The van der Waals surface area contributed by atoms with Crippen LogP contribution < -0.4 is 0 Å². The smallest absolute Gasteiger partial charge is 0.356 e. The second kappa shape index (κ2) is 17.2. The van der Waals surface area contributed by atoms with E-state index in [1.165, 1.54) is 5.01 Å². The molecule has 0 spiro atoms. The van der Waals surface area contributed by atoms with Crippen LogP contribution in [0.2, 0.25) is 18.1 Å². The fraction of sp³-hybridized carbons (Fsp3) is 0.500. The predicted octanol–water partition coefficient (Wildman–Crippen LogP) is 3.74. The zero-order valence-electron chi connectivity index (χ0n) is 31.8. The van der Waals surface area contributed by atoms with Gasteiger partial charge in [-0.1, -0.05) is 81.4 Å². The largest absolute Gasteiger partial charge is 0.469 e. The number of hydrogen-bond acceptors (Lipinski definition) is 14. The van der Waals surface area contributed by atoms with E-state index in [0.717, 1.165) is 44.6 Å². The van der Waals surface area contributed by atoms with Crippen LogP contribution in [0.25, 0.3) is 0 Å². The Hall–Kier alpha value is -4.41. The van der Waals surface area contributed by atoms with Crippen LogP contribution in [0.1, 0.15) is 38.3 Å². The molecule has 14 nitrogen and oxygen atoms in total. The molecule has 2 aromatic carbocycles. The van der Waals surface area contributed by atoms with Crippen molar-refractivity contribution in [3.05, 3.63) is 83.1 Å². The molecule has 0 saturated carbocycles. The molecule has 15 heteroatoms. The summed E-state index contributed by atoms with van der Waals surface area (Å²) in [5.74, 6) is -4.75. The molecule has 2 aliphatic heterocycles. The van der Waals surface area contributed by atoms with Crippen LogP contribution in [0.5, 0.6) is 0 Å². The van der Waals surface area contributed by atoms with Gasteiger partial charge in [0.05, 0.1) is 67.3 Å². The number of carbonyl (C=O) groups excluding carboxylic acids is 5. The van der Waals surface area contributed by atoms with E-state index in [2.05, 4.69) is 20.8 Å². The quantitative estimate of drug-likeness (QED) is 0.139. The summed E-state index contributed by atoms with van der Waals surface area (Å²) in [7, 11) is 1.64. The average molecular weight is 755 g/mol. The lowest BCUT2D eigenvalue weighted by molar-refractivity contribution is -0.180. The Kier molecular flexibility index (Phi) is 13.4. The van der Waals surface area contributed by atoms with Gasteiger partial charge in [-0.15, -0.1) is 0 Å². The van der Waals surface area contributed by atoms with E-state index < -0.39 is 86.0 Å². The topological polar surface area (TPSA) is 156 Å². The van der Waals surface area contributed by atoms with Gasteiger partial charge in [-0.2, -0.15) is 5.01 Å². The van der Waals surface area contributed by atoms with Gasteiger partial charge < -0.3 is 32.8 Å². The lowest BCUT2D eigenvalue weighted by Gasteiger charge is -2.45. The van der Waals surface area contributed by atoms with Crippen LogP contribution in [0.15, 0.2) is 71.9 Å². The van der Waals surface area contributed by atoms with Crippen molar-refractivity contribution >= 4 is 38.0 Å². The number of Topliss-reactive ketones (excluding diaryl/α,β-unsaturated/α-hetero) is 1. The number of hydrogen-bond donors (Lipinski definition) is 0. The normalized spacial score (nSPS) is 20.1. The number of ketones is 1. The molecule has 2 aromatic rings. The van der Waals surface area contributed by atoms with Crippen molar-refractivity contribution in [3.8, 4) is 0 Å². The van der Waals surface area contributed by atoms with Crippen molar-refractivity contribution in [2.75, 3.05) is 41.6 Å². The molecule has 4 rings (SSSR count). The van der Waals surface area contributed by atoms with E-state index in [0.29, 0.717) is 0 Å². The van der Waals surface area contributed by atoms with Gasteiger partial charge in [0.25, 0.3) is 0 Å². The summed E-state index contributed by atoms with van der Waals surface area (Å²) in [6.45, 7) is 9.96. The highest BCUT2D eigenvalue weighted by Crippen LogP contribution is 2.49. The fourth-order valence-electron chi connectivity index (χ4n) is 6.34. The molecule has 0 amide bonds. The van der Waals surface area contributed by atoms with Crippen LogP contribution in [-0.4, -0.2) is 113 Å². The fourth-order valence-corrected chi connectivity index (χ4v) is 7.65. The number of ether oxygens (including phenoxy) is 6. The van der Waals surface area contributed by atoms with E-state index in [-0.39, 0.29) is 24.9 Å². The van der Waals surface area contributed by atoms with Crippen LogP contribution in [-0.2, 0) is 70.0 Å². The van der Waals surface area contributed by atoms with Gasteiger partial charge >= 0.3 is 23.9 Å². The Bertz CT molecular complexity index is 1680. The molecule has 1 fully saturated rings. The van der Waals surface area contributed by atoms with E-state index in [4.69, 9.17) is 32.8 Å². The SMILES string of the molecule is COC(=O)C[C@@]1(C(=O)OC)C(C(=O)OC)=C(C(=O)OC)N2CC(=O)[C@H]([C@H](OCc3ccccc3)[C@@H](COCc3ccccc3)O[Si](C)(C)C(C)(C)C)N21. The monoisotopic (exact) mass is 754 g/mol. The maximum atomic E-state index is 14.6. The molecule has 53 heavy (non-hydrogen) atoms. The van der Waals surface area contributed by atoms with Gasteiger partial charge in [0.15, 0.2) is 25.3 Å². The van der Waals surface area contributed by atoms with Crippen LogP contribution >= 0.6 is 0 Å². The van der Waals surface area contributed by atoms with Crippen molar-refractivity contribution in [2.45, 2.75) is 82.3 Å². The van der Waals surface area contributed by atoms with Gasteiger partial charge in [-0.05, 0) is 29.3 Å². The molecule has 1 saturated heterocycles. The third-order valence-electron chi connectivity index (χ3n) is 9.99. The molecular weight excluding hydrogens is 705 g/mol. The maximum absolute atomic E-state index is 14.6. The summed E-state index contributed by atoms with van der Waals surface area (Å²) in [5.41, 5.74) is -1.77. The number of fused-ring (bicyclic) bond motifs is 1. The van der Waals surface area contributed by atoms with Crippen LogP contribution in [0.3, 0.4) is 0 Å². The van der Waals surface area contributed by atoms with Gasteiger partial charge in [0.2, 0.25) is 0 Å². The Labute approximate surface area is 311 Å². The Morgan fingerprint density at radius 1 is 0.830 bits per heavy atom. The first-order chi connectivity index (χ1) is 25.1. The molecule has 288 valence electrons. The van der Waals surface area contributed by atoms with E-state index in [1.54, 1.807) is 0 Å². The molecule has 2 aliphatic rings. The number of nitrogens with zero attached hydrogens (tertiary/aromatic N) is 2. The minimum absolute atomic E-state index is 0.00253. The Morgan fingerprint density at radius 2 is 1.40 bits per heavy atom. The standard InChI is InChI=1S/C38H50N2O12Si/c1-37(2,3)53(8,9)52-28(24-50-22-25-16-12-10-13-17-25)33(51-23-26-18-14-11-15-19-26)31-27(41)21-39-32(35(44)48-6)30(34(43)47-5)38(40(31)39,36(45)49-7)20-29(42)46-4/h10-19,28,31,33H,20-24H2,1-9H3/t28-,31-,33-,38+/m1/s1. The molecule has 0 N–H and O–H groups in total. The summed E-state index contributed by atoms with van der Waals surface area (Å²) < 4.78 is 40.4. The number of benzene rings is 2. The maximum Gasteiger partial charge on any atom is 0.356 e. The summed E-state index contributed by atoms with van der Waals surface area (Å²) in [6.07, 6.45) is -3.00. The second-order valence-electron chi connectivity index (χ2n) is 14.3. The van der Waals surface area contributed by atoms with Crippen molar-refractivity contribution in [2.24, 2.45) is 0 Å². The van der Waals surface area contributed by atoms with Crippen molar-refractivity contribution in [1.29, 1.82) is 0 Å². The number of rotatable bonds is 16. The van der Waals surface area contributed by atoms with Crippen molar-refractivity contribution in [3.63, 3.8) is 0 Å². The third-order valence-corrected chi connectivity index (χ3v) is 14.5. The first-order valence-electron chi connectivity index (χ1n) is 17.2. The van der Waals surface area contributed by atoms with Gasteiger partial charge in [0, 0.05) is 0 Å². The second-order valence-corrected chi connectivity index (χ2v) is 19.1. The van der Waals surface area contributed by atoms with Crippen molar-refractivity contribution < 1.29 is 56.8 Å². The lowest BCUT2D eigenvalue weighted by Crippen LogP contribution is -2.65. The molecule has 0 bridgehead atoms. The van der Waals surface area contributed by atoms with Gasteiger partial charge in [0.1, 0.15) is 17.7 Å². The summed E-state index contributed by atoms with van der Waals surface area (Å²) in [5, 5.41) is 2.08. The number of esters is 4. The molecule has 0 aromatic heterocycles. The highest BCUT2D eigenvalue weighted by atomic mass is 28.4. The molecule has 0 radical (unpaired) electrons. The highest BCUT2D eigenvalue weighted by Gasteiger charge is 2.69. The van der Waals surface area contributed by atoms with E-state index >= 15 is 0 Å². The van der Waals surface area contributed by atoms with Gasteiger partial charge in [-0.3, -0.25) is 14.6 Å². The number of carbonyl (C=O) groups is 5. The molecule has 0 unspecified atom stereocenters. The Morgan fingerprint density at radius 3 is 1.91 bits per heavy atom. The number of methoxy groups -OCH3 is 4. The minimum atomic E-state index is -2.67. The average Bonchev–Trinajstić information content (AvgIpc) is 3.61. The summed E-state index contributed by atoms with van der Waals surface area (Å²) >= 11 is 0. The summed E-state index contributed by atoms with van der Waals surface area (Å²) in [4.78, 5) is 69.3. The first-order valence-corrected chi connectivity index (χ1v) is 20.1. The summed E-state index contributed by atoms with van der Waals surface area (Å²) in [6, 6.07) is 17.3. The van der Waals surface area contributed by atoms with Gasteiger partial charge in [-0.25, -0.2) is 14.4 Å². The molecule has 2 heterocycles. The van der Waals surface area contributed by atoms with Crippen LogP contribution in [0, 0.1) is 0 Å². The zero-order chi connectivity index (χ0) is 39.1. The lowest BCUT2D eigenvalue weighted by atomic mass is 9.83. The zero-order valence-corrected chi connectivity index (χ0v) is 32.8. The Balaban J connectivity index is 1.97. The number of hydrazine groups is 1. The predicted molar refractivity (Wildman–Crippen MR) is 193 cm³/mol. The molecule has 4 atom stereocenters. The van der Waals surface area contributed by atoms with Crippen molar-refractivity contribution in [1.82, 2.24) is 10.0 Å². The van der Waals surface area contributed by atoms with Crippen LogP contribution in [0.4, 0.5) is 0 Å². The molecule has 0 aliphatic carbocycles. The minimum Gasteiger partial charge on any atom is -0.469 e.